The van der Waals surface area contributed by atoms with E-state index in [2.05, 4.69) is 20.7 Å². The molecule has 3 aromatic rings. The van der Waals surface area contributed by atoms with Gasteiger partial charge in [-0.15, -0.1) is 10.2 Å². The molecule has 1 atom stereocenters. The fourth-order valence-electron chi connectivity index (χ4n) is 2.23. The third-order valence-corrected chi connectivity index (χ3v) is 3.68. The first-order chi connectivity index (χ1) is 10.6. The maximum absolute atomic E-state index is 12.2. The van der Waals surface area contributed by atoms with Gasteiger partial charge in [0.25, 0.3) is 0 Å². The van der Waals surface area contributed by atoms with Crippen molar-refractivity contribution in [3.8, 4) is 0 Å². The minimum atomic E-state index is -0.288. The van der Waals surface area contributed by atoms with E-state index >= 15 is 0 Å². The van der Waals surface area contributed by atoms with Gasteiger partial charge in [-0.05, 0) is 37.6 Å². The molecule has 1 N–H and O–H groups in total. The topological polar surface area (TPSA) is 85.3 Å². The lowest BCUT2D eigenvalue weighted by atomic mass is 10.2. The van der Waals surface area contributed by atoms with Crippen molar-refractivity contribution in [2.24, 2.45) is 0 Å². The van der Waals surface area contributed by atoms with E-state index < -0.39 is 0 Å². The zero-order valence-electron chi connectivity index (χ0n) is 12.1. The molecule has 0 aliphatic rings. The van der Waals surface area contributed by atoms with Crippen molar-refractivity contribution < 1.29 is 9.32 Å². The van der Waals surface area contributed by atoms with Gasteiger partial charge in [0, 0.05) is 11.8 Å². The van der Waals surface area contributed by atoms with E-state index in [-0.39, 0.29) is 23.6 Å². The maximum atomic E-state index is 12.2. The highest BCUT2D eigenvalue weighted by Gasteiger charge is 2.19. The highest BCUT2D eigenvalue weighted by molar-refractivity contribution is 6.29. The highest BCUT2D eigenvalue weighted by atomic mass is 35.5. The summed E-state index contributed by atoms with van der Waals surface area (Å²) in [6, 6.07) is 5.33. The lowest BCUT2D eigenvalue weighted by Crippen LogP contribution is -2.29. The summed E-state index contributed by atoms with van der Waals surface area (Å²) in [6.45, 7) is 3.59. The Bertz CT molecular complexity index is 806. The van der Waals surface area contributed by atoms with Gasteiger partial charge in [-0.2, -0.15) is 0 Å². The minimum absolute atomic E-state index is 0.106. The Labute approximate surface area is 131 Å². The Morgan fingerprint density at radius 3 is 3.00 bits per heavy atom. The molecule has 0 aromatic carbocycles. The predicted molar refractivity (Wildman–Crippen MR) is 79.5 cm³/mol. The molecule has 0 fully saturated rings. The van der Waals surface area contributed by atoms with Gasteiger partial charge < -0.3 is 9.84 Å². The van der Waals surface area contributed by atoms with Crippen molar-refractivity contribution in [3.05, 3.63) is 46.7 Å². The molecule has 0 bridgehead atoms. The van der Waals surface area contributed by atoms with Crippen LogP contribution in [0.3, 0.4) is 0 Å². The molecule has 114 valence electrons. The molecular formula is C14H14ClN5O2. The number of aromatic nitrogens is 4. The summed E-state index contributed by atoms with van der Waals surface area (Å²) in [5, 5.41) is 14.9. The smallest absolute Gasteiger partial charge is 0.229 e. The molecular weight excluding hydrogens is 306 g/mol. The van der Waals surface area contributed by atoms with E-state index in [0.717, 1.165) is 5.65 Å². The summed E-state index contributed by atoms with van der Waals surface area (Å²) in [5.74, 6) is 0.477. The quantitative estimate of drug-likeness (QED) is 0.796. The van der Waals surface area contributed by atoms with Crippen LogP contribution in [-0.2, 0) is 11.2 Å². The second-order valence-electron chi connectivity index (χ2n) is 4.97. The molecule has 3 aromatic heterocycles. The van der Waals surface area contributed by atoms with Crippen LogP contribution in [0.2, 0.25) is 5.22 Å². The Morgan fingerprint density at radius 2 is 2.27 bits per heavy atom. The van der Waals surface area contributed by atoms with Crippen LogP contribution in [-0.4, -0.2) is 25.7 Å². The van der Waals surface area contributed by atoms with Crippen LogP contribution in [0.4, 0.5) is 0 Å². The number of rotatable bonds is 4. The zero-order valence-corrected chi connectivity index (χ0v) is 12.8. The normalized spacial score (nSPS) is 12.5. The second-order valence-corrected chi connectivity index (χ2v) is 5.32. The molecule has 0 saturated heterocycles. The third kappa shape index (κ3) is 2.67. The number of pyridine rings is 1. The van der Waals surface area contributed by atoms with E-state index in [9.17, 15) is 4.79 Å². The summed E-state index contributed by atoms with van der Waals surface area (Å²) >= 11 is 5.87. The summed E-state index contributed by atoms with van der Waals surface area (Å²) < 4.78 is 6.68. The van der Waals surface area contributed by atoms with Crippen LogP contribution >= 0.6 is 11.6 Å². The van der Waals surface area contributed by atoms with E-state index in [4.69, 9.17) is 16.1 Å². The van der Waals surface area contributed by atoms with Gasteiger partial charge in [-0.25, -0.2) is 0 Å². The second kappa shape index (κ2) is 5.76. The fraction of sp³-hybridized carbons (Fsp3) is 0.286. The molecule has 3 heterocycles. The molecule has 3 rings (SSSR count). The first-order valence-corrected chi connectivity index (χ1v) is 7.13. The van der Waals surface area contributed by atoms with Crippen LogP contribution < -0.4 is 5.32 Å². The number of amides is 1. The molecule has 1 unspecified atom stereocenters. The molecule has 7 nitrogen and oxygen atoms in total. The van der Waals surface area contributed by atoms with Crippen molar-refractivity contribution in [1.82, 2.24) is 25.1 Å². The molecule has 0 radical (unpaired) electrons. The maximum Gasteiger partial charge on any atom is 0.229 e. The van der Waals surface area contributed by atoms with Crippen molar-refractivity contribution in [2.45, 2.75) is 26.3 Å². The van der Waals surface area contributed by atoms with Gasteiger partial charge in [0.15, 0.2) is 11.5 Å². The number of hydrogen-bond donors (Lipinski definition) is 1. The van der Waals surface area contributed by atoms with Crippen molar-refractivity contribution >= 4 is 23.2 Å². The zero-order chi connectivity index (χ0) is 15.7. The molecule has 1 amide bonds. The van der Waals surface area contributed by atoms with Gasteiger partial charge >= 0.3 is 0 Å². The van der Waals surface area contributed by atoms with Crippen LogP contribution in [0.5, 0.6) is 0 Å². The Hall–Kier alpha value is -2.41. The summed E-state index contributed by atoms with van der Waals surface area (Å²) in [5.41, 5.74) is 1.94. The van der Waals surface area contributed by atoms with Gasteiger partial charge in [0.1, 0.15) is 0 Å². The lowest BCUT2D eigenvalue weighted by molar-refractivity contribution is -0.121. The largest absolute Gasteiger partial charge is 0.346 e. The first-order valence-electron chi connectivity index (χ1n) is 6.76. The average molecular weight is 320 g/mol. The van der Waals surface area contributed by atoms with Crippen LogP contribution in [0.1, 0.15) is 30.0 Å². The number of carbonyl (C=O) groups excluding carboxylic acids is 1. The molecule has 22 heavy (non-hydrogen) atoms. The number of aryl methyl sites for hydroxylation is 1. The number of hydrogen-bond acceptors (Lipinski definition) is 5. The molecule has 0 spiro atoms. The Balaban J connectivity index is 1.74. The van der Waals surface area contributed by atoms with Gasteiger partial charge in [0.05, 0.1) is 18.2 Å². The number of halogens is 1. The Morgan fingerprint density at radius 1 is 1.45 bits per heavy atom. The minimum Gasteiger partial charge on any atom is -0.346 e. The summed E-state index contributed by atoms with van der Waals surface area (Å²) in [4.78, 5) is 12.2. The van der Waals surface area contributed by atoms with Crippen LogP contribution in [0.25, 0.3) is 5.65 Å². The average Bonchev–Trinajstić information content (AvgIpc) is 3.05. The summed E-state index contributed by atoms with van der Waals surface area (Å²) in [6.07, 6.45) is 1.96. The molecule has 0 aliphatic heterocycles. The lowest BCUT2D eigenvalue weighted by Gasteiger charge is -2.12. The molecule has 0 saturated carbocycles. The Kier molecular flexibility index (Phi) is 3.81. The number of nitrogens with zero attached hydrogens (tertiary/aromatic N) is 4. The van der Waals surface area contributed by atoms with E-state index in [0.29, 0.717) is 17.1 Å². The van der Waals surface area contributed by atoms with Gasteiger partial charge in [-0.3, -0.25) is 9.20 Å². The first kappa shape index (κ1) is 14.5. The van der Waals surface area contributed by atoms with Crippen molar-refractivity contribution in [3.63, 3.8) is 0 Å². The molecule has 8 heteroatoms. The monoisotopic (exact) mass is 319 g/mol. The van der Waals surface area contributed by atoms with Crippen LogP contribution in [0.15, 0.2) is 28.9 Å². The van der Waals surface area contributed by atoms with Crippen LogP contribution in [0, 0.1) is 6.92 Å². The van der Waals surface area contributed by atoms with Gasteiger partial charge in [0.2, 0.25) is 11.1 Å². The predicted octanol–water partition coefficient (Wildman–Crippen LogP) is 2.10. The number of nitrogens with one attached hydrogen (secondary N) is 1. The molecule has 0 aliphatic carbocycles. The van der Waals surface area contributed by atoms with E-state index in [1.54, 1.807) is 6.92 Å². The fourth-order valence-corrected chi connectivity index (χ4v) is 2.47. The van der Waals surface area contributed by atoms with Gasteiger partial charge in [-0.1, -0.05) is 11.2 Å². The van der Waals surface area contributed by atoms with Crippen molar-refractivity contribution in [1.29, 1.82) is 0 Å². The number of carbonyl (C=O) groups is 1. The third-order valence-electron chi connectivity index (χ3n) is 3.38. The summed E-state index contributed by atoms with van der Waals surface area (Å²) in [7, 11) is 0. The van der Waals surface area contributed by atoms with E-state index in [1.165, 1.54) is 0 Å². The number of fused-ring (bicyclic) bond motifs is 1. The van der Waals surface area contributed by atoms with Crippen molar-refractivity contribution in [2.75, 3.05) is 0 Å². The highest BCUT2D eigenvalue weighted by Crippen LogP contribution is 2.20. The van der Waals surface area contributed by atoms with E-state index in [1.807, 2.05) is 35.7 Å². The standard InChI is InChI=1S/C14H14ClN5O2/c1-8-10(13(15)22-19-8)7-12(21)16-9(2)14-18-17-11-5-3-4-6-20(11)14/h3-6,9H,7H2,1-2H3,(H,16,21). The SMILES string of the molecule is Cc1noc(Cl)c1CC(=O)NC(C)c1nnc2ccccn12.